The minimum atomic E-state index is -0.328. The van der Waals surface area contributed by atoms with Gasteiger partial charge in [-0.05, 0) is 48.9 Å². The Labute approximate surface area is 127 Å². The predicted molar refractivity (Wildman–Crippen MR) is 80.2 cm³/mol. The minimum absolute atomic E-state index is 0.152. The van der Waals surface area contributed by atoms with Gasteiger partial charge >= 0.3 is 5.97 Å². The molecular formula is C14H18N4O2S. The Bertz CT molecular complexity index is 617. The summed E-state index contributed by atoms with van der Waals surface area (Å²) in [4.78, 5) is 11.4. The van der Waals surface area contributed by atoms with Gasteiger partial charge < -0.3 is 4.74 Å². The van der Waals surface area contributed by atoms with Crippen molar-refractivity contribution in [3.63, 3.8) is 0 Å². The number of tetrazole rings is 1. The number of esters is 1. The zero-order valence-electron chi connectivity index (χ0n) is 12.5. The van der Waals surface area contributed by atoms with Crippen molar-refractivity contribution in [1.29, 1.82) is 0 Å². The molecule has 0 saturated carbocycles. The normalized spacial score (nSPS) is 11.4. The van der Waals surface area contributed by atoms with Crippen LogP contribution in [-0.4, -0.2) is 33.3 Å². The van der Waals surface area contributed by atoms with Gasteiger partial charge in [0, 0.05) is 5.75 Å². The van der Waals surface area contributed by atoms with E-state index in [-0.39, 0.29) is 11.5 Å². The molecule has 2 rings (SSSR count). The van der Waals surface area contributed by atoms with Crippen LogP contribution in [0.2, 0.25) is 0 Å². The molecule has 0 aliphatic heterocycles. The second-order valence-electron chi connectivity index (χ2n) is 5.52. The zero-order valence-corrected chi connectivity index (χ0v) is 13.3. The quantitative estimate of drug-likeness (QED) is 0.638. The summed E-state index contributed by atoms with van der Waals surface area (Å²) in [5.74, 6) is 0.406. The Morgan fingerprint density at radius 3 is 2.52 bits per heavy atom. The van der Waals surface area contributed by atoms with E-state index in [1.807, 2.05) is 12.1 Å². The van der Waals surface area contributed by atoms with E-state index in [1.54, 1.807) is 28.6 Å². The first-order valence-electron chi connectivity index (χ1n) is 6.51. The second kappa shape index (κ2) is 6.26. The van der Waals surface area contributed by atoms with E-state index in [1.165, 1.54) is 7.11 Å². The molecule has 1 heterocycles. The summed E-state index contributed by atoms with van der Waals surface area (Å²) in [6, 6.07) is 7.33. The third-order valence-electron chi connectivity index (χ3n) is 2.82. The fourth-order valence-electron chi connectivity index (χ4n) is 1.69. The van der Waals surface area contributed by atoms with Gasteiger partial charge in [0.05, 0.1) is 18.2 Å². The number of rotatable bonds is 4. The summed E-state index contributed by atoms with van der Waals surface area (Å²) in [7, 11) is 1.37. The lowest BCUT2D eigenvalue weighted by atomic mass is 10.1. The fourth-order valence-corrected chi connectivity index (χ4v) is 2.71. The van der Waals surface area contributed by atoms with Gasteiger partial charge in [0.1, 0.15) is 0 Å². The van der Waals surface area contributed by atoms with Crippen LogP contribution >= 0.6 is 11.8 Å². The molecule has 6 nitrogen and oxygen atoms in total. The van der Waals surface area contributed by atoms with E-state index in [2.05, 4.69) is 41.0 Å². The van der Waals surface area contributed by atoms with Crippen LogP contribution < -0.4 is 0 Å². The monoisotopic (exact) mass is 306 g/mol. The first-order chi connectivity index (χ1) is 9.91. The lowest BCUT2D eigenvalue weighted by Gasteiger charge is -2.19. The predicted octanol–water partition coefficient (Wildman–Crippen LogP) is 2.51. The molecule has 0 bridgehead atoms. The van der Waals surface area contributed by atoms with Crippen LogP contribution in [0.5, 0.6) is 0 Å². The van der Waals surface area contributed by atoms with Crippen molar-refractivity contribution in [2.75, 3.05) is 7.11 Å². The number of carbonyl (C=O) groups excluding carboxylic acids is 1. The van der Waals surface area contributed by atoms with Crippen molar-refractivity contribution in [1.82, 2.24) is 20.2 Å². The van der Waals surface area contributed by atoms with Gasteiger partial charge in [-0.1, -0.05) is 23.9 Å². The molecule has 0 saturated heterocycles. The Balaban J connectivity index is 2.04. The van der Waals surface area contributed by atoms with Crippen LogP contribution in [0, 0.1) is 0 Å². The highest BCUT2D eigenvalue weighted by molar-refractivity contribution is 7.98. The third kappa shape index (κ3) is 3.81. The van der Waals surface area contributed by atoms with Crippen LogP contribution in [0.25, 0.3) is 0 Å². The number of ether oxygens (including phenoxy) is 1. The number of benzene rings is 1. The third-order valence-corrected chi connectivity index (χ3v) is 3.81. The molecule has 21 heavy (non-hydrogen) atoms. The largest absolute Gasteiger partial charge is 0.465 e. The Kier molecular flexibility index (Phi) is 4.62. The highest BCUT2D eigenvalue weighted by atomic mass is 32.2. The fraction of sp³-hybridized carbons (Fsp3) is 0.429. The van der Waals surface area contributed by atoms with E-state index in [9.17, 15) is 4.79 Å². The molecule has 0 N–H and O–H groups in total. The topological polar surface area (TPSA) is 69.9 Å². The standard InChI is InChI=1S/C14H18N4O2S/c1-14(2,3)18-13(15-16-17-18)21-9-10-5-7-11(8-6-10)12(19)20-4/h5-8H,9H2,1-4H3. The maximum atomic E-state index is 11.4. The molecule has 0 radical (unpaired) electrons. The van der Waals surface area contributed by atoms with Crippen LogP contribution in [0.1, 0.15) is 36.7 Å². The Morgan fingerprint density at radius 2 is 1.95 bits per heavy atom. The first kappa shape index (κ1) is 15.5. The van der Waals surface area contributed by atoms with Gasteiger partial charge in [-0.2, -0.15) is 0 Å². The first-order valence-corrected chi connectivity index (χ1v) is 7.49. The van der Waals surface area contributed by atoms with E-state index >= 15 is 0 Å². The number of thioether (sulfide) groups is 1. The van der Waals surface area contributed by atoms with Gasteiger partial charge in [0.15, 0.2) is 0 Å². The highest BCUT2D eigenvalue weighted by Gasteiger charge is 2.19. The molecule has 0 atom stereocenters. The molecule has 2 aromatic rings. The number of nitrogens with zero attached hydrogens (tertiary/aromatic N) is 4. The summed E-state index contributed by atoms with van der Waals surface area (Å²) in [5, 5.41) is 12.6. The maximum absolute atomic E-state index is 11.4. The van der Waals surface area contributed by atoms with Crippen molar-refractivity contribution in [3.05, 3.63) is 35.4 Å². The molecule has 7 heteroatoms. The maximum Gasteiger partial charge on any atom is 0.337 e. The Hall–Kier alpha value is -1.89. The highest BCUT2D eigenvalue weighted by Crippen LogP contribution is 2.24. The number of carbonyl (C=O) groups is 1. The summed E-state index contributed by atoms with van der Waals surface area (Å²) in [5.41, 5.74) is 1.49. The second-order valence-corrected chi connectivity index (χ2v) is 6.46. The molecule has 112 valence electrons. The SMILES string of the molecule is COC(=O)c1ccc(CSc2nnnn2C(C)(C)C)cc1. The number of methoxy groups -OCH3 is 1. The molecule has 0 aliphatic carbocycles. The van der Waals surface area contributed by atoms with E-state index < -0.39 is 0 Å². The smallest absolute Gasteiger partial charge is 0.337 e. The summed E-state index contributed by atoms with van der Waals surface area (Å²) < 4.78 is 6.48. The molecule has 0 fully saturated rings. The van der Waals surface area contributed by atoms with E-state index in [0.717, 1.165) is 16.5 Å². The number of aromatic nitrogens is 4. The molecule has 0 amide bonds. The lowest BCUT2D eigenvalue weighted by molar-refractivity contribution is 0.0600. The molecular weight excluding hydrogens is 288 g/mol. The molecule has 0 aliphatic rings. The minimum Gasteiger partial charge on any atom is -0.465 e. The summed E-state index contributed by atoms with van der Waals surface area (Å²) in [6.45, 7) is 6.16. The van der Waals surface area contributed by atoms with Gasteiger partial charge in [-0.15, -0.1) is 5.10 Å². The molecule has 0 spiro atoms. The van der Waals surface area contributed by atoms with Crippen molar-refractivity contribution in [3.8, 4) is 0 Å². The summed E-state index contributed by atoms with van der Waals surface area (Å²) >= 11 is 1.56. The van der Waals surface area contributed by atoms with Gasteiger partial charge in [0.2, 0.25) is 5.16 Å². The van der Waals surface area contributed by atoms with E-state index in [4.69, 9.17) is 0 Å². The van der Waals surface area contributed by atoms with Crippen molar-refractivity contribution >= 4 is 17.7 Å². The van der Waals surface area contributed by atoms with Crippen molar-refractivity contribution < 1.29 is 9.53 Å². The van der Waals surface area contributed by atoms with Crippen molar-refractivity contribution in [2.24, 2.45) is 0 Å². The summed E-state index contributed by atoms with van der Waals surface area (Å²) in [6.07, 6.45) is 0. The zero-order chi connectivity index (χ0) is 15.5. The van der Waals surface area contributed by atoms with Gasteiger partial charge in [-0.3, -0.25) is 0 Å². The average molecular weight is 306 g/mol. The number of hydrogen-bond donors (Lipinski definition) is 0. The average Bonchev–Trinajstić information content (AvgIpc) is 2.93. The van der Waals surface area contributed by atoms with Crippen molar-refractivity contribution in [2.45, 2.75) is 37.2 Å². The van der Waals surface area contributed by atoms with Crippen LogP contribution in [0.3, 0.4) is 0 Å². The lowest BCUT2D eigenvalue weighted by Crippen LogP contribution is -2.24. The van der Waals surface area contributed by atoms with Crippen LogP contribution in [0.4, 0.5) is 0 Å². The molecule has 0 unspecified atom stereocenters. The van der Waals surface area contributed by atoms with Gasteiger partial charge in [0.25, 0.3) is 0 Å². The molecule has 1 aromatic carbocycles. The van der Waals surface area contributed by atoms with Crippen LogP contribution in [0.15, 0.2) is 29.4 Å². The van der Waals surface area contributed by atoms with Crippen LogP contribution in [-0.2, 0) is 16.0 Å². The Morgan fingerprint density at radius 1 is 1.29 bits per heavy atom. The molecule has 1 aromatic heterocycles. The number of hydrogen-bond acceptors (Lipinski definition) is 6. The van der Waals surface area contributed by atoms with Gasteiger partial charge in [-0.25, -0.2) is 9.48 Å². The van der Waals surface area contributed by atoms with E-state index in [0.29, 0.717) is 5.56 Å².